The molecule has 0 saturated carbocycles. The van der Waals surface area contributed by atoms with Crippen molar-refractivity contribution in [3.63, 3.8) is 0 Å². The molecular formula is C18H19BrN6O. The third-order valence-corrected chi connectivity index (χ3v) is 4.23. The average Bonchev–Trinajstić information content (AvgIpc) is 2.98. The molecule has 26 heavy (non-hydrogen) atoms. The summed E-state index contributed by atoms with van der Waals surface area (Å²) in [6, 6.07) is 12.9. The number of benzene rings is 1. The molecule has 8 heteroatoms. The van der Waals surface area contributed by atoms with E-state index in [0.717, 1.165) is 15.9 Å². The topological polar surface area (TPSA) is 84.7 Å². The van der Waals surface area contributed by atoms with Crippen LogP contribution in [0.15, 0.2) is 46.9 Å². The molecule has 0 bridgehead atoms. The van der Waals surface area contributed by atoms with Crippen LogP contribution in [-0.2, 0) is 0 Å². The normalized spacial score (nSPS) is 10.6. The van der Waals surface area contributed by atoms with Gasteiger partial charge in [-0.25, -0.2) is 4.68 Å². The predicted molar refractivity (Wildman–Crippen MR) is 104 cm³/mol. The zero-order valence-corrected chi connectivity index (χ0v) is 16.1. The van der Waals surface area contributed by atoms with Crippen molar-refractivity contribution < 1.29 is 4.79 Å². The van der Waals surface area contributed by atoms with E-state index < -0.39 is 0 Å². The van der Waals surface area contributed by atoms with Crippen LogP contribution in [0.2, 0.25) is 0 Å². The van der Waals surface area contributed by atoms with Gasteiger partial charge in [0, 0.05) is 28.8 Å². The number of halogens is 1. The van der Waals surface area contributed by atoms with Crippen molar-refractivity contribution in [1.29, 1.82) is 0 Å². The lowest BCUT2D eigenvalue weighted by atomic mass is 10.2. The summed E-state index contributed by atoms with van der Waals surface area (Å²) in [6.07, 6.45) is 0. The monoisotopic (exact) mass is 414 g/mol. The fraction of sp³-hybridized carbons (Fsp3) is 0.222. The van der Waals surface area contributed by atoms with Crippen molar-refractivity contribution in [2.75, 3.05) is 18.4 Å². The van der Waals surface area contributed by atoms with E-state index in [1.54, 1.807) is 16.8 Å². The van der Waals surface area contributed by atoms with Gasteiger partial charge in [0.15, 0.2) is 5.82 Å². The van der Waals surface area contributed by atoms with Crippen LogP contribution in [0.5, 0.6) is 0 Å². The number of amides is 1. The molecule has 0 aliphatic heterocycles. The molecule has 7 nitrogen and oxygen atoms in total. The molecule has 3 rings (SSSR count). The Balaban J connectivity index is 1.48. The van der Waals surface area contributed by atoms with Crippen LogP contribution in [0.25, 0.3) is 5.82 Å². The van der Waals surface area contributed by atoms with Crippen molar-refractivity contribution in [1.82, 2.24) is 25.3 Å². The van der Waals surface area contributed by atoms with Gasteiger partial charge in [-0.05, 0) is 56.3 Å². The molecule has 2 N–H and O–H groups in total. The number of nitrogens with zero attached hydrogens (tertiary/aromatic N) is 4. The molecule has 0 unspecified atom stereocenters. The van der Waals surface area contributed by atoms with Gasteiger partial charge in [-0.3, -0.25) is 4.79 Å². The van der Waals surface area contributed by atoms with E-state index in [9.17, 15) is 4.79 Å². The maximum absolute atomic E-state index is 12.0. The molecule has 0 aliphatic rings. The molecule has 0 spiro atoms. The third kappa shape index (κ3) is 4.45. The second kappa shape index (κ2) is 8.09. The molecule has 0 saturated heterocycles. The Morgan fingerprint density at radius 2 is 1.85 bits per heavy atom. The number of rotatable bonds is 6. The van der Waals surface area contributed by atoms with Crippen molar-refractivity contribution in [2.24, 2.45) is 0 Å². The SMILES string of the molecule is Cc1cc(C)n(-c2ccc(NCCNC(=O)c3ccc(Br)cc3)nn2)n1. The minimum atomic E-state index is -0.106. The summed E-state index contributed by atoms with van der Waals surface area (Å²) in [5, 5.41) is 18.7. The molecule has 0 atom stereocenters. The fourth-order valence-corrected chi connectivity index (χ4v) is 2.73. The Morgan fingerprint density at radius 3 is 2.46 bits per heavy atom. The first-order valence-corrected chi connectivity index (χ1v) is 8.97. The molecule has 1 aromatic carbocycles. The number of hydrogen-bond donors (Lipinski definition) is 2. The van der Waals surface area contributed by atoms with E-state index in [1.807, 2.05) is 44.2 Å². The predicted octanol–water partition coefficient (Wildman–Crippen LogP) is 2.88. The molecule has 134 valence electrons. The first-order chi connectivity index (χ1) is 12.5. The number of carbonyl (C=O) groups is 1. The van der Waals surface area contributed by atoms with Crippen molar-refractivity contribution in [3.05, 3.63) is 63.9 Å². The van der Waals surface area contributed by atoms with Gasteiger partial charge in [-0.2, -0.15) is 5.10 Å². The zero-order chi connectivity index (χ0) is 18.5. The standard InChI is InChI=1S/C18H19BrN6O/c1-12-11-13(2)25(24-12)17-8-7-16(22-23-17)20-9-10-21-18(26)14-3-5-15(19)6-4-14/h3-8,11H,9-10H2,1-2H3,(H,20,22)(H,21,26). The zero-order valence-electron chi connectivity index (χ0n) is 14.5. The maximum atomic E-state index is 12.0. The summed E-state index contributed by atoms with van der Waals surface area (Å²) in [6.45, 7) is 4.95. The van der Waals surface area contributed by atoms with Crippen molar-refractivity contribution >= 4 is 27.7 Å². The molecule has 0 aliphatic carbocycles. The summed E-state index contributed by atoms with van der Waals surface area (Å²) < 4.78 is 2.70. The minimum Gasteiger partial charge on any atom is -0.367 e. The molecule has 0 radical (unpaired) electrons. The van der Waals surface area contributed by atoms with Crippen LogP contribution in [-0.4, -0.2) is 39.0 Å². The highest BCUT2D eigenvalue weighted by Crippen LogP contribution is 2.11. The fourth-order valence-electron chi connectivity index (χ4n) is 2.46. The van der Waals surface area contributed by atoms with Crippen LogP contribution in [0.3, 0.4) is 0 Å². The molecule has 2 heterocycles. The van der Waals surface area contributed by atoms with E-state index in [2.05, 4.69) is 41.9 Å². The van der Waals surface area contributed by atoms with Crippen molar-refractivity contribution in [2.45, 2.75) is 13.8 Å². The van der Waals surface area contributed by atoms with Gasteiger partial charge in [0.1, 0.15) is 5.82 Å². The van der Waals surface area contributed by atoms with Gasteiger partial charge in [0.2, 0.25) is 0 Å². The average molecular weight is 415 g/mol. The molecule has 1 amide bonds. The molecular weight excluding hydrogens is 396 g/mol. The van der Waals surface area contributed by atoms with E-state index in [-0.39, 0.29) is 5.91 Å². The highest BCUT2D eigenvalue weighted by atomic mass is 79.9. The molecule has 3 aromatic rings. The number of hydrogen-bond acceptors (Lipinski definition) is 5. The number of aryl methyl sites for hydroxylation is 2. The highest BCUT2D eigenvalue weighted by Gasteiger charge is 2.06. The van der Waals surface area contributed by atoms with E-state index in [0.29, 0.717) is 30.3 Å². The van der Waals surface area contributed by atoms with Crippen molar-refractivity contribution in [3.8, 4) is 5.82 Å². The van der Waals surface area contributed by atoms with Gasteiger partial charge in [0.25, 0.3) is 5.91 Å². The van der Waals surface area contributed by atoms with E-state index >= 15 is 0 Å². The summed E-state index contributed by atoms with van der Waals surface area (Å²) in [5.41, 5.74) is 2.57. The first-order valence-electron chi connectivity index (χ1n) is 8.18. The van der Waals surface area contributed by atoms with Gasteiger partial charge in [-0.1, -0.05) is 15.9 Å². The van der Waals surface area contributed by atoms with Crippen LogP contribution >= 0.6 is 15.9 Å². The number of anilines is 1. The quantitative estimate of drug-likeness (QED) is 0.605. The minimum absolute atomic E-state index is 0.106. The van der Waals surface area contributed by atoms with Crippen LogP contribution < -0.4 is 10.6 Å². The Morgan fingerprint density at radius 1 is 1.08 bits per heavy atom. The van der Waals surface area contributed by atoms with Crippen LogP contribution in [0.4, 0.5) is 5.82 Å². The van der Waals surface area contributed by atoms with Gasteiger partial charge >= 0.3 is 0 Å². The Labute approximate surface area is 160 Å². The lowest BCUT2D eigenvalue weighted by Gasteiger charge is -2.08. The second-order valence-electron chi connectivity index (χ2n) is 5.81. The van der Waals surface area contributed by atoms with Gasteiger partial charge < -0.3 is 10.6 Å². The first kappa shape index (κ1) is 18.1. The summed E-state index contributed by atoms with van der Waals surface area (Å²) >= 11 is 3.35. The Hall–Kier alpha value is -2.74. The summed E-state index contributed by atoms with van der Waals surface area (Å²) in [4.78, 5) is 12.0. The lowest BCUT2D eigenvalue weighted by molar-refractivity contribution is 0.0955. The lowest BCUT2D eigenvalue weighted by Crippen LogP contribution is -2.28. The third-order valence-electron chi connectivity index (χ3n) is 3.70. The maximum Gasteiger partial charge on any atom is 0.251 e. The molecule has 0 fully saturated rings. The van der Waals surface area contributed by atoms with E-state index in [4.69, 9.17) is 0 Å². The van der Waals surface area contributed by atoms with Gasteiger partial charge in [0.05, 0.1) is 5.69 Å². The number of nitrogens with one attached hydrogen (secondary N) is 2. The highest BCUT2D eigenvalue weighted by molar-refractivity contribution is 9.10. The smallest absolute Gasteiger partial charge is 0.251 e. The number of aromatic nitrogens is 4. The van der Waals surface area contributed by atoms with Crippen LogP contribution in [0, 0.1) is 13.8 Å². The Bertz CT molecular complexity index is 889. The molecule has 2 aromatic heterocycles. The summed E-state index contributed by atoms with van der Waals surface area (Å²) in [5.74, 6) is 1.21. The largest absolute Gasteiger partial charge is 0.367 e. The second-order valence-corrected chi connectivity index (χ2v) is 6.72. The Kier molecular flexibility index (Phi) is 5.62. The number of carbonyl (C=O) groups excluding carboxylic acids is 1. The van der Waals surface area contributed by atoms with Gasteiger partial charge in [-0.15, -0.1) is 10.2 Å². The van der Waals surface area contributed by atoms with E-state index in [1.165, 1.54) is 0 Å². The van der Waals surface area contributed by atoms with Crippen LogP contribution in [0.1, 0.15) is 21.7 Å². The summed E-state index contributed by atoms with van der Waals surface area (Å²) in [7, 11) is 0.